The number of aromatic nitrogens is 2. The number of likely N-dealkylation sites (tertiary alicyclic amines) is 1. The second-order valence-corrected chi connectivity index (χ2v) is 7.62. The highest BCUT2D eigenvalue weighted by Gasteiger charge is 2.26. The molecule has 0 unspecified atom stereocenters. The Kier molecular flexibility index (Phi) is 5.18. The van der Waals surface area contributed by atoms with E-state index in [0.717, 1.165) is 37.6 Å². The van der Waals surface area contributed by atoms with E-state index < -0.39 is 0 Å². The van der Waals surface area contributed by atoms with Crippen molar-refractivity contribution in [3.05, 3.63) is 42.2 Å². The molecular formula is C19H26N4O2. The minimum Gasteiger partial charge on any atom is -0.444 e. The van der Waals surface area contributed by atoms with Gasteiger partial charge in [0.2, 0.25) is 11.8 Å². The molecule has 0 bridgehead atoms. The first-order valence-corrected chi connectivity index (χ1v) is 8.81. The summed E-state index contributed by atoms with van der Waals surface area (Å²) in [5.74, 6) is 2.37. The number of carbonyl (C=O) groups is 1. The lowest BCUT2D eigenvalue weighted by Crippen LogP contribution is -2.37. The van der Waals surface area contributed by atoms with E-state index in [1.54, 1.807) is 6.20 Å². The Balaban J connectivity index is 1.48. The van der Waals surface area contributed by atoms with Crippen molar-refractivity contribution in [2.45, 2.75) is 45.6 Å². The van der Waals surface area contributed by atoms with E-state index in [-0.39, 0.29) is 17.2 Å². The Bertz CT molecular complexity index is 698. The monoisotopic (exact) mass is 342 g/mol. The second-order valence-electron chi connectivity index (χ2n) is 7.62. The number of rotatable bonds is 4. The number of anilines is 1. The molecule has 6 nitrogen and oxygen atoms in total. The van der Waals surface area contributed by atoms with Gasteiger partial charge >= 0.3 is 0 Å². The SMILES string of the molecule is CC(C)(C)c1cnc(CN2CCC(C(=O)Nc3ccccn3)CC2)o1. The van der Waals surface area contributed by atoms with Gasteiger partial charge in [0.15, 0.2) is 0 Å². The van der Waals surface area contributed by atoms with E-state index in [9.17, 15) is 4.79 Å². The van der Waals surface area contributed by atoms with Crippen molar-refractivity contribution < 1.29 is 9.21 Å². The molecule has 2 aromatic heterocycles. The van der Waals surface area contributed by atoms with Crippen LogP contribution >= 0.6 is 0 Å². The molecule has 0 aliphatic carbocycles. The van der Waals surface area contributed by atoms with Crippen LogP contribution in [0, 0.1) is 5.92 Å². The summed E-state index contributed by atoms with van der Waals surface area (Å²) < 4.78 is 5.86. The molecule has 1 amide bonds. The van der Waals surface area contributed by atoms with Crippen LogP contribution in [0.15, 0.2) is 35.0 Å². The normalized spacial score (nSPS) is 16.8. The minimum atomic E-state index is -0.0260. The Labute approximate surface area is 148 Å². The Hall–Kier alpha value is -2.21. The summed E-state index contributed by atoms with van der Waals surface area (Å²) in [6.07, 6.45) is 5.18. The van der Waals surface area contributed by atoms with Crippen LogP contribution in [0.5, 0.6) is 0 Å². The Morgan fingerprint density at radius 2 is 2.04 bits per heavy atom. The van der Waals surface area contributed by atoms with E-state index in [1.165, 1.54) is 0 Å². The molecule has 1 fully saturated rings. The van der Waals surface area contributed by atoms with E-state index >= 15 is 0 Å². The predicted molar refractivity (Wildman–Crippen MR) is 96.1 cm³/mol. The molecule has 3 heterocycles. The summed E-state index contributed by atoms with van der Waals surface area (Å²) in [6, 6.07) is 5.51. The first kappa shape index (κ1) is 17.6. The molecule has 0 saturated carbocycles. The molecule has 134 valence electrons. The standard InChI is InChI=1S/C19H26N4O2/c1-19(2,3)15-12-21-17(25-15)13-23-10-7-14(8-11-23)18(24)22-16-6-4-5-9-20-16/h4-6,9,12,14H,7-8,10-11,13H2,1-3H3,(H,20,22,24). The number of hydrogen-bond acceptors (Lipinski definition) is 5. The Morgan fingerprint density at radius 3 is 2.64 bits per heavy atom. The van der Waals surface area contributed by atoms with Crippen LogP contribution < -0.4 is 5.32 Å². The molecule has 2 aromatic rings. The van der Waals surface area contributed by atoms with Crippen molar-refractivity contribution in [2.75, 3.05) is 18.4 Å². The highest BCUT2D eigenvalue weighted by Crippen LogP contribution is 2.24. The second kappa shape index (κ2) is 7.35. The third-order valence-corrected chi connectivity index (χ3v) is 4.53. The van der Waals surface area contributed by atoms with Crippen molar-refractivity contribution in [3.8, 4) is 0 Å². The van der Waals surface area contributed by atoms with Crippen LogP contribution in [-0.2, 0) is 16.8 Å². The van der Waals surface area contributed by atoms with Gasteiger partial charge < -0.3 is 9.73 Å². The fourth-order valence-electron chi connectivity index (χ4n) is 2.94. The number of nitrogens with zero attached hydrogens (tertiary/aromatic N) is 3. The van der Waals surface area contributed by atoms with Gasteiger partial charge in [-0.3, -0.25) is 9.69 Å². The number of piperidine rings is 1. The van der Waals surface area contributed by atoms with Crippen molar-refractivity contribution >= 4 is 11.7 Å². The van der Waals surface area contributed by atoms with Crippen LogP contribution in [-0.4, -0.2) is 33.9 Å². The third-order valence-electron chi connectivity index (χ3n) is 4.53. The number of nitrogens with one attached hydrogen (secondary N) is 1. The van der Waals surface area contributed by atoms with Gasteiger partial charge in [-0.05, 0) is 38.1 Å². The lowest BCUT2D eigenvalue weighted by Gasteiger charge is -2.30. The first-order chi connectivity index (χ1) is 11.9. The van der Waals surface area contributed by atoms with Crippen LogP contribution in [0.3, 0.4) is 0 Å². The van der Waals surface area contributed by atoms with Gasteiger partial charge in [0.05, 0.1) is 12.7 Å². The van der Waals surface area contributed by atoms with Gasteiger partial charge in [0, 0.05) is 17.5 Å². The van der Waals surface area contributed by atoms with Crippen LogP contribution in [0.2, 0.25) is 0 Å². The van der Waals surface area contributed by atoms with Crippen molar-refractivity contribution in [1.29, 1.82) is 0 Å². The van der Waals surface area contributed by atoms with Crippen LogP contribution in [0.25, 0.3) is 0 Å². The van der Waals surface area contributed by atoms with Gasteiger partial charge in [-0.15, -0.1) is 0 Å². The number of oxazole rings is 1. The molecule has 1 N–H and O–H groups in total. The quantitative estimate of drug-likeness (QED) is 0.924. The van der Waals surface area contributed by atoms with Crippen LogP contribution in [0.4, 0.5) is 5.82 Å². The van der Waals surface area contributed by atoms with Gasteiger partial charge in [-0.25, -0.2) is 9.97 Å². The minimum absolute atomic E-state index is 0.0260. The van der Waals surface area contributed by atoms with E-state index in [4.69, 9.17) is 4.42 Å². The number of hydrogen-bond donors (Lipinski definition) is 1. The van der Waals surface area contributed by atoms with E-state index in [1.807, 2.05) is 24.4 Å². The highest BCUT2D eigenvalue weighted by atomic mass is 16.4. The summed E-state index contributed by atoms with van der Waals surface area (Å²) in [5.41, 5.74) is -0.0260. The van der Waals surface area contributed by atoms with Gasteiger partial charge in [0.1, 0.15) is 11.6 Å². The van der Waals surface area contributed by atoms with E-state index in [0.29, 0.717) is 12.4 Å². The molecule has 0 atom stereocenters. The lowest BCUT2D eigenvalue weighted by molar-refractivity contribution is -0.121. The summed E-state index contributed by atoms with van der Waals surface area (Å²) in [7, 11) is 0. The lowest BCUT2D eigenvalue weighted by atomic mass is 9.94. The van der Waals surface area contributed by atoms with E-state index in [2.05, 4.69) is 41.0 Å². The highest BCUT2D eigenvalue weighted by molar-refractivity contribution is 5.91. The predicted octanol–water partition coefficient (Wildman–Crippen LogP) is 3.22. The van der Waals surface area contributed by atoms with Crippen molar-refractivity contribution in [3.63, 3.8) is 0 Å². The van der Waals surface area contributed by atoms with Gasteiger partial charge in [-0.2, -0.15) is 0 Å². The maximum absolute atomic E-state index is 12.3. The number of amides is 1. The molecule has 25 heavy (non-hydrogen) atoms. The average molecular weight is 342 g/mol. The van der Waals surface area contributed by atoms with Crippen molar-refractivity contribution in [2.24, 2.45) is 5.92 Å². The zero-order chi connectivity index (χ0) is 17.9. The summed E-state index contributed by atoms with van der Waals surface area (Å²) in [4.78, 5) is 23.2. The first-order valence-electron chi connectivity index (χ1n) is 8.81. The largest absolute Gasteiger partial charge is 0.444 e. The maximum atomic E-state index is 12.3. The van der Waals surface area contributed by atoms with Gasteiger partial charge in [0.25, 0.3) is 0 Å². The molecular weight excluding hydrogens is 316 g/mol. The van der Waals surface area contributed by atoms with Gasteiger partial charge in [-0.1, -0.05) is 26.8 Å². The molecule has 0 aromatic carbocycles. The zero-order valence-electron chi connectivity index (χ0n) is 15.2. The van der Waals surface area contributed by atoms with Crippen LogP contribution in [0.1, 0.15) is 45.3 Å². The maximum Gasteiger partial charge on any atom is 0.228 e. The molecule has 1 aliphatic rings. The smallest absolute Gasteiger partial charge is 0.228 e. The number of pyridine rings is 1. The third kappa shape index (κ3) is 4.66. The summed E-state index contributed by atoms with van der Waals surface area (Å²) in [6.45, 7) is 8.78. The molecule has 1 saturated heterocycles. The molecule has 1 aliphatic heterocycles. The molecule has 3 rings (SSSR count). The fourth-order valence-corrected chi connectivity index (χ4v) is 2.94. The Morgan fingerprint density at radius 1 is 1.28 bits per heavy atom. The topological polar surface area (TPSA) is 71.3 Å². The molecule has 0 radical (unpaired) electrons. The number of carbonyl (C=O) groups excluding carboxylic acids is 1. The summed E-state index contributed by atoms with van der Waals surface area (Å²) >= 11 is 0. The zero-order valence-corrected chi connectivity index (χ0v) is 15.2. The fraction of sp³-hybridized carbons (Fsp3) is 0.526. The summed E-state index contributed by atoms with van der Waals surface area (Å²) in [5, 5.41) is 2.90. The average Bonchev–Trinajstić information content (AvgIpc) is 3.05. The molecule has 6 heteroatoms. The van der Waals surface area contributed by atoms with Crippen molar-refractivity contribution in [1.82, 2.24) is 14.9 Å². The molecule has 0 spiro atoms.